The Balaban J connectivity index is 2.21. The summed E-state index contributed by atoms with van der Waals surface area (Å²) in [6, 6.07) is 5.30. The third-order valence-corrected chi connectivity index (χ3v) is 3.94. The molecule has 25 heavy (non-hydrogen) atoms. The fraction of sp³-hybridized carbons (Fsp3) is 0.133. The Hall–Kier alpha value is -2.32. The van der Waals surface area contributed by atoms with Crippen molar-refractivity contribution in [1.82, 2.24) is 19.5 Å². The van der Waals surface area contributed by atoms with Crippen molar-refractivity contribution < 1.29 is 13.2 Å². The van der Waals surface area contributed by atoms with Gasteiger partial charge in [-0.05, 0) is 17.7 Å². The van der Waals surface area contributed by atoms with Gasteiger partial charge in [-0.15, -0.1) is 0 Å². The minimum Gasteiger partial charge on any atom is -0.313 e. The van der Waals surface area contributed by atoms with E-state index in [1.165, 1.54) is 17.0 Å². The number of alkyl halides is 3. The molecule has 0 radical (unpaired) electrons. The van der Waals surface area contributed by atoms with Crippen molar-refractivity contribution in [3.05, 3.63) is 80.5 Å². The number of rotatable bonds is 3. The number of imidazole rings is 1. The lowest BCUT2D eigenvalue weighted by molar-refractivity contribution is -0.141. The quantitative estimate of drug-likeness (QED) is 0.739. The van der Waals surface area contributed by atoms with Gasteiger partial charge in [-0.3, -0.25) is 4.57 Å². The standard InChI is InChI=1S/C15H9Cl2F3N4O/c16-9-3-1-8(2-4-9)11(24-6-5-21-14(24)25)13-22-7-10(17)12(23-13)15(18,19)20/h1-7,11H,(H,21,25)/t11-/m0/s1. The van der Waals surface area contributed by atoms with Crippen LogP contribution in [-0.2, 0) is 6.18 Å². The largest absolute Gasteiger partial charge is 0.434 e. The number of halogens is 5. The van der Waals surface area contributed by atoms with Crippen molar-refractivity contribution in [2.75, 3.05) is 0 Å². The molecule has 0 aliphatic rings. The summed E-state index contributed by atoms with van der Waals surface area (Å²) in [5.41, 5.74) is -1.30. The summed E-state index contributed by atoms with van der Waals surface area (Å²) in [5.74, 6) is -0.222. The van der Waals surface area contributed by atoms with Crippen molar-refractivity contribution in [2.24, 2.45) is 0 Å². The van der Waals surface area contributed by atoms with Crippen molar-refractivity contribution in [2.45, 2.75) is 12.2 Å². The summed E-state index contributed by atoms with van der Waals surface area (Å²) in [6.07, 6.45) is -1.12. The molecule has 1 atom stereocenters. The molecule has 5 nitrogen and oxygen atoms in total. The average Bonchev–Trinajstić information content (AvgIpc) is 2.96. The second-order valence-electron chi connectivity index (χ2n) is 5.05. The topological polar surface area (TPSA) is 63.6 Å². The lowest BCUT2D eigenvalue weighted by Crippen LogP contribution is -2.26. The van der Waals surface area contributed by atoms with Crippen LogP contribution < -0.4 is 5.69 Å². The monoisotopic (exact) mass is 388 g/mol. The number of H-pyrrole nitrogens is 1. The lowest BCUT2D eigenvalue weighted by atomic mass is 10.1. The van der Waals surface area contributed by atoms with Crippen LogP contribution in [-0.4, -0.2) is 19.5 Å². The van der Waals surface area contributed by atoms with Crippen LogP contribution in [0.3, 0.4) is 0 Å². The van der Waals surface area contributed by atoms with E-state index in [2.05, 4.69) is 15.0 Å². The Labute approximate surface area is 149 Å². The van der Waals surface area contributed by atoms with E-state index in [0.29, 0.717) is 10.6 Å². The SMILES string of the molecule is O=c1[nH]ccn1[C@@H](c1ccc(Cl)cc1)c1ncc(Cl)c(C(F)(F)F)n1. The van der Waals surface area contributed by atoms with Crippen molar-refractivity contribution in [1.29, 1.82) is 0 Å². The smallest absolute Gasteiger partial charge is 0.313 e. The third kappa shape index (κ3) is 3.54. The molecule has 3 rings (SSSR count). The summed E-state index contributed by atoms with van der Waals surface area (Å²) in [5, 5.41) is -0.176. The van der Waals surface area contributed by atoms with E-state index in [0.717, 1.165) is 6.20 Å². The number of hydrogen-bond acceptors (Lipinski definition) is 3. The van der Waals surface area contributed by atoms with Crippen molar-refractivity contribution >= 4 is 23.2 Å². The highest BCUT2D eigenvalue weighted by molar-refractivity contribution is 6.31. The molecule has 0 amide bonds. The predicted octanol–water partition coefficient (Wildman–Crippen LogP) is 3.93. The molecule has 0 bridgehead atoms. The number of aromatic nitrogens is 4. The van der Waals surface area contributed by atoms with Gasteiger partial charge in [-0.2, -0.15) is 13.2 Å². The lowest BCUT2D eigenvalue weighted by Gasteiger charge is -2.18. The molecule has 0 saturated carbocycles. The number of benzene rings is 1. The molecule has 0 aliphatic carbocycles. The first kappa shape index (κ1) is 17.5. The Bertz CT molecular complexity index is 950. The molecule has 1 aromatic carbocycles. The summed E-state index contributed by atoms with van der Waals surface area (Å²) >= 11 is 11.4. The minimum absolute atomic E-state index is 0.222. The Morgan fingerprint density at radius 2 is 1.84 bits per heavy atom. The van der Waals surface area contributed by atoms with E-state index in [1.54, 1.807) is 24.3 Å². The first-order valence-electron chi connectivity index (χ1n) is 6.88. The summed E-state index contributed by atoms with van der Waals surface area (Å²) in [4.78, 5) is 21.9. The second kappa shape index (κ2) is 6.53. The van der Waals surface area contributed by atoms with Crippen molar-refractivity contribution in [3.8, 4) is 0 Å². The molecular weight excluding hydrogens is 380 g/mol. The molecule has 0 aliphatic heterocycles. The number of nitrogens with one attached hydrogen (secondary N) is 1. The highest BCUT2D eigenvalue weighted by Gasteiger charge is 2.37. The van der Waals surface area contributed by atoms with Gasteiger partial charge in [0, 0.05) is 23.6 Å². The number of nitrogens with zero attached hydrogens (tertiary/aromatic N) is 3. The van der Waals surface area contributed by atoms with E-state index < -0.39 is 28.6 Å². The molecule has 0 saturated heterocycles. The van der Waals surface area contributed by atoms with Crippen LogP contribution in [0, 0.1) is 0 Å². The van der Waals surface area contributed by atoms with Crippen LogP contribution in [0.1, 0.15) is 23.1 Å². The molecule has 1 N–H and O–H groups in total. The van der Waals surface area contributed by atoms with E-state index in [4.69, 9.17) is 23.2 Å². The fourth-order valence-electron chi connectivity index (χ4n) is 2.32. The van der Waals surface area contributed by atoms with Crippen molar-refractivity contribution in [3.63, 3.8) is 0 Å². The molecule has 3 aromatic rings. The molecule has 0 unspecified atom stereocenters. The highest BCUT2D eigenvalue weighted by atomic mass is 35.5. The molecule has 130 valence electrons. The summed E-state index contributed by atoms with van der Waals surface area (Å²) in [7, 11) is 0. The molecule has 0 fully saturated rings. The minimum atomic E-state index is -4.75. The zero-order valence-electron chi connectivity index (χ0n) is 12.3. The Morgan fingerprint density at radius 1 is 1.16 bits per heavy atom. The average molecular weight is 389 g/mol. The first-order valence-corrected chi connectivity index (χ1v) is 7.63. The maximum absolute atomic E-state index is 13.1. The highest BCUT2D eigenvalue weighted by Crippen LogP contribution is 2.34. The van der Waals surface area contributed by atoms with Crippen LogP contribution in [0.25, 0.3) is 0 Å². The fourth-order valence-corrected chi connectivity index (χ4v) is 2.65. The number of hydrogen-bond donors (Lipinski definition) is 1. The molecule has 0 spiro atoms. The zero-order valence-corrected chi connectivity index (χ0v) is 13.8. The van der Waals surface area contributed by atoms with E-state index in [9.17, 15) is 18.0 Å². The summed E-state index contributed by atoms with van der Waals surface area (Å²) in [6.45, 7) is 0. The first-order chi connectivity index (χ1) is 11.8. The number of aromatic amines is 1. The van der Waals surface area contributed by atoms with Crippen LogP contribution in [0.15, 0.2) is 47.7 Å². The van der Waals surface area contributed by atoms with E-state index >= 15 is 0 Å². The van der Waals surface area contributed by atoms with E-state index in [1.807, 2.05) is 0 Å². The van der Waals surface area contributed by atoms with Crippen LogP contribution in [0.2, 0.25) is 10.0 Å². The molecular formula is C15H9Cl2F3N4O. The van der Waals surface area contributed by atoms with Gasteiger partial charge in [0.15, 0.2) is 11.5 Å². The molecule has 2 heterocycles. The van der Waals surface area contributed by atoms with Gasteiger partial charge in [-0.1, -0.05) is 35.3 Å². The van der Waals surface area contributed by atoms with Gasteiger partial charge in [0.1, 0.15) is 6.04 Å². The van der Waals surface area contributed by atoms with Gasteiger partial charge >= 0.3 is 11.9 Å². The maximum Gasteiger partial charge on any atom is 0.434 e. The second-order valence-corrected chi connectivity index (χ2v) is 5.89. The Morgan fingerprint density at radius 3 is 2.40 bits per heavy atom. The Kier molecular flexibility index (Phi) is 4.57. The maximum atomic E-state index is 13.1. The van der Waals surface area contributed by atoms with Gasteiger partial charge in [0.2, 0.25) is 0 Å². The van der Waals surface area contributed by atoms with Gasteiger partial charge in [0.25, 0.3) is 0 Å². The third-order valence-electron chi connectivity index (χ3n) is 3.42. The predicted molar refractivity (Wildman–Crippen MR) is 85.8 cm³/mol. The molecule has 2 aromatic heterocycles. The zero-order chi connectivity index (χ0) is 18.2. The van der Waals surface area contributed by atoms with Gasteiger partial charge < -0.3 is 4.98 Å². The summed E-state index contributed by atoms with van der Waals surface area (Å²) < 4.78 is 40.5. The van der Waals surface area contributed by atoms with E-state index in [-0.39, 0.29) is 5.82 Å². The molecule has 10 heteroatoms. The van der Waals surface area contributed by atoms with Crippen LogP contribution in [0.4, 0.5) is 13.2 Å². The van der Waals surface area contributed by atoms with Gasteiger partial charge in [0.05, 0.1) is 5.02 Å². The normalized spacial score (nSPS) is 13.0. The van der Waals surface area contributed by atoms with Crippen LogP contribution in [0.5, 0.6) is 0 Å². The van der Waals surface area contributed by atoms with Gasteiger partial charge in [-0.25, -0.2) is 14.8 Å². The van der Waals surface area contributed by atoms with Crippen LogP contribution >= 0.6 is 23.2 Å².